The Morgan fingerprint density at radius 1 is 1.23 bits per heavy atom. The summed E-state index contributed by atoms with van der Waals surface area (Å²) in [7, 11) is 1.46. The third-order valence-electron chi connectivity index (χ3n) is 4.90. The molecule has 1 N–H and O–H groups in total. The Morgan fingerprint density at radius 2 is 2.03 bits per heavy atom. The van der Waals surface area contributed by atoms with Crippen LogP contribution < -0.4 is 14.9 Å². The number of nitro benzene ring substituents is 1. The van der Waals surface area contributed by atoms with Gasteiger partial charge in [0.2, 0.25) is 0 Å². The van der Waals surface area contributed by atoms with Gasteiger partial charge < -0.3 is 13.9 Å². The average Bonchev–Trinajstić information content (AvgIpc) is 3.27. The van der Waals surface area contributed by atoms with Crippen molar-refractivity contribution in [2.24, 2.45) is 5.10 Å². The highest BCUT2D eigenvalue weighted by molar-refractivity contribution is 9.10. The van der Waals surface area contributed by atoms with Gasteiger partial charge in [0.25, 0.3) is 5.69 Å². The fourth-order valence-corrected chi connectivity index (χ4v) is 3.77. The number of hydrogen-bond acceptors (Lipinski definition) is 7. The minimum Gasteiger partial charge on any atom is -0.493 e. The standard InChI is InChI=1S/C24H17BrFN3O6/c1-33-21-9-14(8-18(25)23(21)34-13-15-4-2-3-5-19(15)26)12-27-28-24(30)22-11-16-10-17(29(31)32)6-7-20(16)35-22/h2-12H,13H2,1H3,(H,28,30)/b27-12+. The number of methoxy groups -OCH3 is 1. The van der Waals surface area contributed by atoms with Gasteiger partial charge in [-0.25, -0.2) is 9.82 Å². The number of nitrogens with zero attached hydrogens (tertiary/aromatic N) is 2. The first-order chi connectivity index (χ1) is 16.9. The third-order valence-corrected chi connectivity index (χ3v) is 5.48. The molecule has 178 valence electrons. The molecule has 1 amide bonds. The maximum atomic E-state index is 13.9. The van der Waals surface area contributed by atoms with E-state index in [9.17, 15) is 19.3 Å². The van der Waals surface area contributed by atoms with E-state index < -0.39 is 10.8 Å². The van der Waals surface area contributed by atoms with Crippen molar-refractivity contribution < 1.29 is 28.0 Å². The first-order valence-corrected chi connectivity index (χ1v) is 10.9. The largest absolute Gasteiger partial charge is 0.493 e. The molecule has 35 heavy (non-hydrogen) atoms. The van der Waals surface area contributed by atoms with Crippen LogP contribution in [0.15, 0.2) is 74.7 Å². The number of non-ortho nitro benzene ring substituents is 1. The summed E-state index contributed by atoms with van der Waals surface area (Å²) in [6.07, 6.45) is 1.39. The molecule has 11 heteroatoms. The van der Waals surface area contributed by atoms with Crippen molar-refractivity contribution in [2.75, 3.05) is 7.11 Å². The van der Waals surface area contributed by atoms with E-state index in [1.165, 1.54) is 43.7 Å². The Kier molecular flexibility index (Phi) is 7.06. The minimum absolute atomic E-state index is 0.00574. The molecule has 0 aliphatic carbocycles. The van der Waals surface area contributed by atoms with Crippen LogP contribution in [0.25, 0.3) is 11.0 Å². The monoisotopic (exact) mass is 541 g/mol. The molecule has 0 saturated heterocycles. The van der Waals surface area contributed by atoms with Crippen LogP contribution >= 0.6 is 15.9 Å². The van der Waals surface area contributed by atoms with Crippen LogP contribution in [0.1, 0.15) is 21.7 Å². The number of hydrogen-bond donors (Lipinski definition) is 1. The van der Waals surface area contributed by atoms with Crippen LogP contribution in [-0.2, 0) is 6.61 Å². The van der Waals surface area contributed by atoms with Gasteiger partial charge in [-0.05, 0) is 51.8 Å². The number of fused-ring (bicyclic) bond motifs is 1. The number of furan rings is 1. The SMILES string of the molecule is COc1cc(/C=N/NC(=O)c2cc3cc([N+](=O)[O-])ccc3o2)cc(Br)c1OCc1ccccc1F. The zero-order valence-electron chi connectivity index (χ0n) is 18.2. The van der Waals surface area contributed by atoms with Crippen LogP contribution in [0.2, 0.25) is 0 Å². The molecule has 0 fully saturated rings. The van der Waals surface area contributed by atoms with E-state index in [-0.39, 0.29) is 23.9 Å². The van der Waals surface area contributed by atoms with Crippen molar-refractivity contribution in [2.45, 2.75) is 6.61 Å². The van der Waals surface area contributed by atoms with Crippen LogP contribution in [0.5, 0.6) is 11.5 Å². The summed E-state index contributed by atoms with van der Waals surface area (Å²) < 4.78 is 31.0. The second-order valence-corrected chi connectivity index (χ2v) is 8.06. The fraction of sp³-hybridized carbons (Fsp3) is 0.0833. The Labute approximate surface area is 206 Å². The van der Waals surface area contributed by atoms with Crippen LogP contribution in [0.4, 0.5) is 10.1 Å². The van der Waals surface area contributed by atoms with Gasteiger partial charge in [-0.2, -0.15) is 5.10 Å². The van der Waals surface area contributed by atoms with Gasteiger partial charge in [0, 0.05) is 23.1 Å². The molecule has 0 unspecified atom stereocenters. The normalized spacial score (nSPS) is 11.1. The number of ether oxygens (including phenoxy) is 2. The number of amides is 1. The van der Waals surface area contributed by atoms with Gasteiger partial charge in [-0.15, -0.1) is 0 Å². The lowest BCUT2D eigenvalue weighted by molar-refractivity contribution is -0.384. The number of carbonyl (C=O) groups excluding carboxylic acids is 1. The van der Waals surface area contributed by atoms with Crippen LogP contribution in [-0.4, -0.2) is 24.2 Å². The molecule has 0 atom stereocenters. The van der Waals surface area contributed by atoms with E-state index in [1.54, 1.807) is 30.3 Å². The second-order valence-electron chi connectivity index (χ2n) is 7.20. The average molecular weight is 542 g/mol. The number of halogens is 2. The molecule has 0 saturated carbocycles. The summed E-state index contributed by atoms with van der Waals surface area (Å²) in [5.41, 5.74) is 3.55. The van der Waals surface area contributed by atoms with E-state index >= 15 is 0 Å². The Morgan fingerprint density at radius 3 is 2.77 bits per heavy atom. The predicted octanol–water partition coefficient (Wildman–Crippen LogP) is 5.59. The van der Waals surface area contributed by atoms with Crippen molar-refractivity contribution in [3.63, 3.8) is 0 Å². The number of rotatable bonds is 8. The predicted molar refractivity (Wildman–Crippen MR) is 129 cm³/mol. The fourth-order valence-electron chi connectivity index (χ4n) is 3.20. The van der Waals surface area contributed by atoms with E-state index in [0.29, 0.717) is 38.1 Å². The quantitative estimate of drug-likeness (QED) is 0.176. The first kappa shape index (κ1) is 23.9. The maximum absolute atomic E-state index is 13.9. The number of nitrogens with one attached hydrogen (secondary N) is 1. The van der Waals surface area contributed by atoms with Gasteiger partial charge in [0.05, 0.1) is 22.7 Å². The highest BCUT2D eigenvalue weighted by atomic mass is 79.9. The molecule has 0 aliphatic heterocycles. The molecule has 0 bridgehead atoms. The molecule has 1 aromatic heterocycles. The second kappa shape index (κ2) is 10.3. The van der Waals surface area contributed by atoms with Crippen LogP contribution in [0.3, 0.4) is 0 Å². The van der Waals surface area contributed by atoms with Gasteiger partial charge in [-0.1, -0.05) is 18.2 Å². The maximum Gasteiger partial charge on any atom is 0.307 e. The Hall–Kier alpha value is -4.25. The summed E-state index contributed by atoms with van der Waals surface area (Å²) in [4.78, 5) is 22.8. The van der Waals surface area contributed by atoms with Crippen molar-refractivity contribution in [1.29, 1.82) is 0 Å². The zero-order chi connectivity index (χ0) is 24.9. The highest BCUT2D eigenvalue weighted by Crippen LogP contribution is 2.37. The molecule has 3 aromatic carbocycles. The van der Waals surface area contributed by atoms with E-state index in [2.05, 4.69) is 26.5 Å². The minimum atomic E-state index is -0.629. The molecule has 0 radical (unpaired) electrons. The van der Waals surface area contributed by atoms with E-state index in [0.717, 1.165) is 0 Å². The van der Waals surface area contributed by atoms with Crippen LogP contribution in [0, 0.1) is 15.9 Å². The van der Waals surface area contributed by atoms with Crippen molar-refractivity contribution in [3.8, 4) is 11.5 Å². The smallest absolute Gasteiger partial charge is 0.307 e. The lowest BCUT2D eigenvalue weighted by Gasteiger charge is -2.14. The molecular weight excluding hydrogens is 525 g/mol. The van der Waals surface area contributed by atoms with Gasteiger partial charge >= 0.3 is 5.91 Å². The van der Waals surface area contributed by atoms with E-state index in [1.807, 2.05) is 0 Å². The van der Waals surface area contributed by atoms with Crippen molar-refractivity contribution in [1.82, 2.24) is 5.43 Å². The summed E-state index contributed by atoms with van der Waals surface area (Å²) in [5.74, 6) is -0.287. The molecule has 1 heterocycles. The summed E-state index contributed by atoms with van der Waals surface area (Å²) in [6, 6.07) is 15.1. The van der Waals surface area contributed by atoms with E-state index in [4.69, 9.17) is 13.9 Å². The molecule has 9 nitrogen and oxygen atoms in total. The van der Waals surface area contributed by atoms with Crippen molar-refractivity contribution >= 4 is 44.7 Å². The summed E-state index contributed by atoms with van der Waals surface area (Å²) in [5, 5.41) is 15.3. The lowest BCUT2D eigenvalue weighted by atomic mass is 10.2. The Balaban J connectivity index is 1.45. The van der Waals surface area contributed by atoms with Gasteiger partial charge in [0.1, 0.15) is 18.0 Å². The van der Waals surface area contributed by atoms with Gasteiger partial charge in [-0.3, -0.25) is 14.9 Å². The molecule has 0 spiro atoms. The highest BCUT2D eigenvalue weighted by Gasteiger charge is 2.15. The first-order valence-electron chi connectivity index (χ1n) is 10.1. The zero-order valence-corrected chi connectivity index (χ0v) is 19.7. The molecule has 4 aromatic rings. The number of carbonyl (C=O) groups is 1. The number of nitro groups is 1. The van der Waals surface area contributed by atoms with Crippen molar-refractivity contribution in [3.05, 3.63) is 98.0 Å². The topological polar surface area (TPSA) is 116 Å². The third kappa shape index (κ3) is 5.46. The number of benzene rings is 3. The Bertz CT molecular complexity index is 1450. The molecule has 4 rings (SSSR count). The summed E-state index contributed by atoms with van der Waals surface area (Å²) in [6.45, 7) is 0.00574. The number of hydrazone groups is 1. The lowest BCUT2D eigenvalue weighted by Crippen LogP contribution is -2.16. The summed E-state index contributed by atoms with van der Waals surface area (Å²) >= 11 is 3.41. The van der Waals surface area contributed by atoms with Gasteiger partial charge in [0.15, 0.2) is 17.3 Å². The molecule has 0 aliphatic rings. The molecular formula is C24H17BrFN3O6.